The summed E-state index contributed by atoms with van der Waals surface area (Å²) < 4.78 is 6.73. The van der Waals surface area contributed by atoms with E-state index in [1.807, 2.05) is 0 Å². The molecule has 0 saturated heterocycles. The summed E-state index contributed by atoms with van der Waals surface area (Å²) in [7, 11) is 0. The summed E-state index contributed by atoms with van der Waals surface area (Å²) in [4.78, 5) is 2.46. The standard InChI is InChI=1S/C50H39NO/c1-49(2)43-23-10-9-20-40(43)41-27-26-36(32-45(41)49)51(46-29-28-37(33-15-5-4-6-16-33)39-19-7-8-21-42(39)46)35-18-13-17-34(31-35)38-22-14-30-50(3)44-24-11-12-25-47(44)52-48(38)50/h4-32,48H,1-3H3/t48?,50-/m0/s1. The van der Waals surface area contributed by atoms with Crippen LogP contribution in [0.5, 0.6) is 5.75 Å². The molecule has 1 aliphatic heterocycles. The van der Waals surface area contributed by atoms with Gasteiger partial charge in [-0.25, -0.2) is 0 Å². The van der Waals surface area contributed by atoms with Crippen LogP contribution in [0.4, 0.5) is 17.1 Å². The van der Waals surface area contributed by atoms with Crippen molar-refractivity contribution in [3.63, 3.8) is 0 Å². The molecule has 2 nitrogen and oxygen atoms in total. The van der Waals surface area contributed by atoms with E-state index < -0.39 is 0 Å². The number of rotatable bonds is 5. The van der Waals surface area contributed by atoms with Gasteiger partial charge in [0.1, 0.15) is 11.9 Å². The lowest BCUT2D eigenvalue weighted by Crippen LogP contribution is -2.36. The Morgan fingerprint density at radius 3 is 2.06 bits per heavy atom. The lowest BCUT2D eigenvalue weighted by Gasteiger charge is -2.33. The lowest BCUT2D eigenvalue weighted by molar-refractivity contribution is 0.238. The molecule has 7 aromatic rings. The van der Waals surface area contributed by atoms with Crippen molar-refractivity contribution in [1.82, 2.24) is 0 Å². The molecule has 0 fully saturated rings. The molecule has 2 heteroatoms. The topological polar surface area (TPSA) is 12.5 Å². The molecule has 2 aliphatic carbocycles. The molecule has 0 aromatic heterocycles. The van der Waals surface area contributed by atoms with Gasteiger partial charge in [-0.05, 0) is 87.7 Å². The number of benzene rings is 7. The monoisotopic (exact) mass is 669 g/mol. The average Bonchev–Trinajstić information content (AvgIpc) is 3.62. The summed E-state index contributed by atoms with van der Waals surface area (Å²) in [6, 6.07) is 57.6. The van der Waals surface area contributed by atoms with Crippen LogP contribution in [0, 0.1) is 0 Å². The fraction of sp³-hybridized carbons (Fsp3) is 0.120. The minimum atomic E-state index is -0.236. The van der Waals surface area contributed by atoms with Gasteiger partial charge in [-0.1, -0.05) is 153 Å². The number of hydrogen-bond acceptors (Lipinski definition) is 2. The number of fused-ring (bicyclic) bond motifs is 7. The summed E-state index contributed by atoms with van der Waals surface area (Å²) in [6.45, 7) is 7.01. The molecular weight excluding hydrogens is 631 g/mol. The maximum absolute atomic E-state index is 6.73. The molecule has 1 heterocycles. The van der Waals surface area contributed by atoms with Gasteiger partial charge in [0.25, 0.3) is 0 Å². The Bertz CT molecular complexity index is 2610. The zero-order valence-electron chi connectivity index (χ0n) is 29.7. The van der Waals surface area contributed by atoms with Crippen LogP contribution in [0.2, 0.25) is 0 Å². The highest BCUT2D eigenvalue weighted by molar-refractivity contribution is 6.06. The van der Waals surface area contributed by atoms with E-state index in [2.05, 4.69) is 202 Å². The number of allylic oxidation sites excluding steroid dienone is 2. The van der Waals surface area contributed by atoms with Gasteiger partial charge in [-0.2, -0.15) is 0 Å². The predicted octanol–water partition coefficient (Wildman–Crippen LogP) is 13.0. The van der Waals surface area contributed by atoms with Crippen molar-refractivity contribution in [1.29, 1.82) is 0 Å². The molecule has 0 spiro atoms. The van der Waals surface area contributed by atoms with E-state index in [9.17, 15) is 0 Å². The lowest BCUT2D eigenvalue weighted by atomic mass is 9.72. The second-order valence-corrected chi connectivity index (χ2v) is 15.1. The SMILES string of the molecule is CC1(C)c2ccccc2-c2ccc(N(c3cccc(C4=CC=C[C@@]5(C)c6ccccc6OC45)c3)c3ccc(-c4ccccc4)c4ccccc34)cc21. The van der Waals surface area contributed by atoms with Gasteiger partial charge >= 0.3 is 0 Å². The number of ether oxygens (including phenoxy) is 1. The highest BCUT2D eigenvalue weighted by Crippen LogP contribution is 2.53. The maximum atomic E-state index is 6.73. The Hall–Kier alpha value is -6.12. The Morgan fingerprint density at radius 2 is 1.19 bits per heavy atom. The first kappa shape index (κ1) is 30.7. The average molecular weight is 670 g/mol. The molecular formula is C50H39NO. The maximum Gasteiger partial charge on any atom is 0.137 e. The minimum Gasteiger partial charge on any atom is -0.484 e. The van der Waals surface area contributed by atoms with Crippen molar-refractivity contribution in [3.8, 4) is 28.0 Å². The Balaban J connectivity index is 1.16. The van der Waals surface area contributed by atoms with E-state index in [0.717, 1.165) is 28.4 Å². The molecule has 0 N–H and O–H groups in total. The van der Waals surface area contributed by atoms with E-state index >= 15 is 0 Å². The van der Waals surface area contributed by atoms with E-state index in [1.54, 1.807) is 0 Å². The van der Waals surface area contributed by atoms with Crippen LogP contribution in [-0.2, 0) is 10.8 Å². The minimum absolute atomic E-state index is 0.108. The molecule has 52 heavy (non-hydrogen) atoms. The van der Waals surface area contributed by atoms with Crippen LogP contribution in [0.25, 0.3) is 38.6 Å². The van der Waals surface area contributed by atoms with Crippen molar-refractivity contribution in [2.24, 2.45) is 0 Å². The molecule has 1 unspecified atom stereocenters. The molecule has 0 radical (unpaired) electrons. The van der Waals surface area contributed by atoms with Crippen molar-refractivity contribution in [3.05, 3.63) is 198 Å². The third-order valence-corrected chi connectivity index (χ3v) is 11.7. The van der Waals surface area contributed by atoms with Crippen LogP contribution in [0.3, 0.4) is 0 Å². The summed E-state index contributed by atoms with van der Waals surface area (Å²) >= 11 is 0. The van der Waals surface area contributed by atoms with Crippen molar-refractivity contribution in [2.45, 2.75) is 37.7 Å². The zero-order valence-corrected chi connectivity index (χ0v) is 29.7. The first-order valence-corrected chi connectivity index (χ1v) is 18.3. The van der Waals surface area contributed by atoms with Crippen molar-refractivity contribution in [2.75, 3.05) is 4.90 Å². The third-order valence-electron chi connectivity index (χ3n) is 11.7. The summed E-state index contributed by atoms with van der Waals surface area (Å²) in [5.41, 5.74) is 14.5. The Morgan fingerprint density at radius 1 is 0.519 bits per heavy atom. The molecule has 7 aromatic carbocycles. The molecule has 10 rings (SSSR count). The van der Waals surface area contributed by atoms with Gasteiger partial charge in [0.2, 0.25) is 0 Å². The van der Waals surface area contributed by atoms with Gasteiger partial charge in [0.15, 0.2) is 0 Å². The van der Waals surface area contributed by atoms with Gasteiger partial charge < -0.3 is 9.64 Å². The van der Waals surface area contributed by atoms with E-state index in [4.69, 9.17) is 4.74 Å². The molecule has 250 valence electrons. The van der Waals surface area contributed by atoms with Crippen LogP contribution in [0.15, 0.2) is 176 Å². The quantitative estimate of drug-likeness (QED) is 0.181. The highest BCUT2D eigenvalue weighted by Gasteiger charge is 2.46. The molecule has 2 atom stereocenters. The summed E-state index contributed by atoms with van der Waals surface area (Å²) in [6.07, 6.45) is 6.64. The number of nitrogens with zero attached hydrogens (tertiary/aromatic N) is 1. The summed E-state index contributed by atoms with van der Waals surface area (Å²) in [5.74, 6) is 0.969. The first-order chi connectivity index (χ1) is 25.4. The van der Waals surface area contributed by atoms with E-state index in [0.29, 0.717) is 0 Å². The third kappa shape index (κ3) is 4.50. The number of hydrogen-bond donors (Lipinski definition) is 0. The van der Waals surface area contributed by atoms with E-state index in [-0.39, 0.29) is 16.9 Å². The van der Waals surface area contributed by atoms with Gasteiger partial charge in [-0.3, -0.25) is 0 Å². The summed E-state index contributed by atoms with van der Waals surface area (Å²) in [5, 5.41) is 2.44. The number of anilines is 3. The largest absolute Gasteiger partial charge is 0.484 e. The Kier molecular flexibility index (Phi) is 6.76. The van der Waals surface area contributed by atoms with Crippen molar-refractivity contribution < 1.29 is 4.74 Å². The predicted molar refractivity (Wildman–Crippen MR) is 217 cm³/mol. The Labute approximate surface area is 306 Å². The molecule has 0 amide bonds. The smallest absolute Gasteiger partial charge is 0.137 e. The highest BCUT2D eigenvalue weighted by atomic mass is 16.5. The fourth-order valence-electron chi connectivity index (χ4n) is 9.09. The van der Waals surface area contributed by atoms with Gasteiger partial charge in [-0.15, -0.1) is 0 Å². The fourth-order valence-corrected chi connectivity index (χ4v) is 9.09. The second-order valence-electron chi connectivity index (χ2n) is 15.1. The number of para-hydroxylation sites is 1. The van der Waals surface area contributed by atoms with Crippen LogP contribution in [0.1, 0.15) is 43.0 Å². The van der Waals surface area contributed by atoms with Crippen LogP contribution >= 0.6 is 0 Å². The molecule has 0 saturated carbocycles. The van der Waals surface area contributed by atoms with E-state index in [1.165, 1.54) is 55.3 Å². The zero-order chi connectivity index (χ0) is 35.0. The molecule has 0 bridgehead atoms. The van der Waals surface area contributed by atoms with Crippen LogP contribution < -0.4 is 9.64 Å². The second kappa shape index (κ2) is 11.4. The van der Waals surface area contributed by atoms with Gasteiger partial charge in [0, 0.05) is 33.3 Å². The van der Waals surface area contributed by atoms with Crippen LogP contribution in [-0.4, -0.2) is 6.10 Å². The van der Waals surface area contributed by atoms with Gasteiger partial charge in [0.05, 0.1) is 11.1 Å². The first-order valence-electron chi connectivity index (χ1n) is 18.3. The molecule has 3 aliphatic rings. The van der Waals surface area contributed by atoms with Crippen molar-refractivity contribution >= 4 is 33.4 Å². The normalized spacial score (nSPS) is 18.9.